The molecular weight excluding hydrogens is 264 g/mol. The van der Waals surface area contributed by atoms with Crippen molar-refractivity contribution in [3.05, 3.63) is 17.6 Å². The fraction of sp³-hybridized carbons (Fsp3) is 0.688. The van der Waals surface area contributed by atoms with Gasteiger partial charge in [0, 0.05) is 45.1 Å². The van der Waals surface area contributed by atoms with Gasteiger partial charge in [-0.3, -0.25) is 4.79 Å². The van der Waals surface area contributed by atoms with Crippen LogP contribution < -0.4 is 4.90 Å². The van der Waals surface area contributed by atoms with Crippen molar-refractivity contribution < 1.29 is 4.79 Å². The van der Waals surface area contributed by atoms with Crippen molar-refractivity contribution >= 4 is 11.7 Å². The summed E-state index contributed by atoms with van der Waals surface area (Å²) in [4.78, 5) is 25.5. The Morgan fingerprint density at radius 1 is 1.19 bits per heavy atom. The zero-order valence-corrected chi connectivity index (χ0v) is 13.0. The molecule has 1 amide bonds. The van der Waals surface area contributed by atoms with E-state index >= 15 is 0 Å². The van der Waals surface area contributed by atoms with E-state index in [1.54, 1.807) is 6.33 Å². The van der Waals surface area contributed by atoms with E-state index in [-0.39, 0.29) is 5.92 Å². The van der Waals surface area contributed by atoms with Crippen molar-refractivity contribution in [3.63, 3.8) is 0 Å². The smallest absolute Gasteiger partial charge is 0.225 e. The summed E-state index contributed by atoms with van der Waals surface area (Å²) in [6.45, 7) is 1.60. The average Bonchev–Trinajstić information content (AvgIpc) is 2.92. The highest BCUT2D eigenvalue weighted by Gasteiger charge is 2.29. The first-order valence-corrected chi connectivity index (χ1v) is 7.95. The Kier molecular flexibility index (Phi) is 4.08. The lowest BCUT2D eigenvalue weighted by Crippen LogP contribution is -2.37. The maximum atomic E-state index is 12.6. The number of carbonyl (C=O) groups is 1. The lowest BCUT2D eigenvalue weighted by Gasteiger charge is -2.23. The van der Waals surface area contributed by atoms with Crippen molar-refractivity contribution in [2.24, 2.45) is 5.92 Å². The van der Waals surface area contributed by atoms with Crippen molar-refractivity contribution in [2.45, 2.75) is 38.5 Å². The minimum Gasteiger partial charge on any atom is -0.362 e. The molecule has 1 aromatic heterocycles. The van der Waals surface area contributed by atoms with E-state index in [9.17, 15) is 4.79 Å². The molecule has 5 nitrogen and oxygen atoms in total. The fourth-order valence-corrected chi connectivity index (χ4v) is 3.55. The van der Waals surface area contributed by atoms with Gasteiger partial charge in [-0.1, -0.05) is 12.8 Å². The van der Waals surface area contributed by atoms with Crippen molar-refractivity contribution in [2.75, 3.05) is 32.1 Å². The molecule has 0 saturated heterocycles. The second-order valence-electron chi connectivity index (χ2n) is 6.32. The summed E-state index contributed by atoms with van der Waals surface area (Å²) >= 11 is 0. The first-order chi connectivity index (χ1) is 10.2. The maximum absolute atomic E-state index is 12.6. The van der Waals surface area contributed by atoms with Crippen molar-refractivity contribution in [1.82, 2.24) is 14.9 Å². The summed E-state index contributed by atoms with van der Waals surface area (Å²) in [6.07, 6.45) is 7.92. The zero-order chi connectivity index (χ0) is 14.8. The van der Waals surface area contributed by atoms with E-state index in [4.69, 9.17) is 0 Å². The standard InChI is InChI=1S/C16H24N4O/c1-19(2)15-13-7-9-20(10-8-14(13)17-11-18-15)16(21)12-5-3-4-6-12/h11-12H,3-10H2,1-2H3. The molecule has 0 spiro atoms. The Bertz CT molecular complexity index is 523. The summed E-state index contributed by atoms with van der Waals surface area (Å²) < 4.78 is 0. The van der Waals surface area contributed by atoms with Gasteiger partial charge in [-0.25, -0.2) is 9.97 Å². The molecule has 1 aliphatic heterocycles. The highest BCUT2D eigenvalue weighted by molar-refractivity contribution is 5.79. The topological polar surface area (TPSA) is 49.3 Å². The van der Waals surface area contributed by atoms with Gasteiger partial charge in [-0.15, -0.1) is 0 Å². The van der Waals surface area contributed by atoms with Crippen LogP contribution in [-0.2, 0) is 17.6 Å². The van der Waals surface area contributed by atoms with Gasteiger partial charge in [0.15, 0.2) is 0 Å². The first kappa shape index (κ1) is 14.3. The molecule has 1 fully saturated rings. The normalized spacial score (nSPS) is 19.2. The minimum absolute atomic E-state index is 0.269. The highest BCUT2D eigenvalue weighted by atomic mass is 16.2. The molecule has 21 heavy (non-hydrogen) atoms. The van der Waals surface area contributed by atoms with Crippen LogP contribution in [0.2, 0.25) is 0 Å². The second kappa shape index (κ2) is 6.00. The van der Waals surface area contributed by atoms with Crippen LogP contribution in [0.15, 0.2) is 6.33 Å². The molecule has 0 aromatic carbocycles. The number of carbonyl (C=O) groups excluding carboxylic acids is 1. The van der Waals surface area contributed by atoms with Gasteiger partial charge in [-0.05, 0) is 19.3 Å². The summed E-state index contributed by atoms with van der Waals surface area (Å²) in [5, 5.41) is 0. The van der Waals surface area contributed by atoms with Gasteiger partial charge >= 0.3 is 0 Å². The van der Waals surface area contributed by atoms with Crippen LogP contribution in [0.25, 0.3) is 0 Å². The number of nitrogens with zero attached hydrogens (tertiary/aromatic N) is 4. The van der Waals surface area contributed by atoms with Crippen molar-refractivity contribution in [1.29, 1.82) is 0 Å². The zero-order valence-electron chi connectivity index (χ0n) is 13.0. The number of amides is 1. The third kappa shape index (κ3) is 2.87. The lowest BCUT2D eigenvalue weighted by molar-refractivity contribution is -0.135. The van der Waals surface area contributed by atoms with Gasteiger partial charge in [0.2, 0.25) is 5.91 Å². The van der Waals surface area contributed by atoms with E-state index in [0.717, 1.165) is 50.3 Å². The predicted octanol–water partition coefficient (Wildman–Crippen LogP) is 1.66. The van der Waals surface area contributed by atoms with Crippen LogP contribution in [0.4, 0.5) is 5.82 Å². The molecule has 0 N–H and O–H groups in total. The Morgan fingerprint density at radius 3 is 2.62 bits per heavy atom. The van der Waals surface area contributed by atoms with E-state index < -0.39 is 0 Å². The maximum Gasteiger partial charge on any atom is 0.225 e. The molecule has 0 radical (unpaired) electrons. The van der Waals surface area contributed by atoms with E-state index in [1.807, 2.05) is 19.0 Å². The molecule has 0 bridgehead atoms. The van der Waals surface area contributed by atoms with E-state index in [0.29, 0.717) is 5.91 Å². The van der Waals surface area contributed by atoms with E-state index in [2.05, 4.69) is 14.9 Å². The predicted molar refractivity (Wildman–Crippen MR) is 82.3 cm³/mol. The molecule has 0 unspecified atom stereocenters. The molecular formula is C16H24N4O. The van der Waals surface area contributed by atoms with Crippen LogP contribution >= 0.6 is 0 Å². The minimum atomic E-state index is 0.269. The van der Waals surface area contributed by atoms with Gasteiger partial charge in [0.25, 0.3) is 0 Å². The molecule has 5 heteroatoms. The Morgan fingerprint density at radius 2 is 1.90 bits per heavy atom. The number of fused-ring (bicyclic) bond motifs is 1. The molecule has 3 rings (SSSR count). The fourth-order valence-electron chi connectivity index (χ4n) is 3.55. The molecule has 2 aliphatic rings. The van der Waals surface area contributed by atoms with Gasteiger partial charge in [-0.2, -0.15) is 0 Å². The SMILES string of the molecule is CN(C)c1ncnc2c1CCN(C(=O)C1CCCC1)CC2. The molecule has 1 saturated carbocycles. The van der Waals surface area contributed by atoms with Crippen LogP contribution in [0, 0.1) is 5.92 Å². The van der Waals surface area contributed by atoms with Crippen LogP contribution in [-0.4, -0.2) is 48.0 Å². The summed E-state index contributed by atoms with van der Waals surface area (Å²) in [6, 6.07) is 0. The van der Waals surface area contributed by atoms with Gasteiger partial charge < -0.3 is 9.80 Å². The largest absolute Gasteiger partial charge is 0.362 e. The summed E-state index contributed by atoms with van der Waals surface area (Å²) in [5.41, 5.74) is 2.32. The van der Waals surface area contributed by atoms with Gasteiger partial charge in [0.1, 0.15) is 12.1 Å². The summed E-state index contributed by atoms with van der Waals surface area (Å²) in [7, 11) is 4.02. The third-order valence-corrected chi connectivity index (χ3v) is 4.70. The Balaban J connectivity index is 1.76. The molecule has 0 atom stereocenters. The Hall–Kier alpha value is -1.65. The Labute approximate surface area is 126 Å². The quantitative estimate of drug-likeness (QED) is 0.830. The van der Waals surface area contributed by atoms with Crippen LogP contribution in [0.5, 0.6) is 0 Å². The molecule has 2 heterocycles. The van der Waals surface area contributed by atoms with Crippen LogP contribution in [0.1, 0.15) is 36.9 Å². The highest BCUT2D eigenvalue weighted by Crippen LogP contribution is 2.28. The van der Waals surface area contributed by atoms with Crippen LogP contribution in [0.3, 0.4) is 0 Å². The molecule has 1 aliphatic carbocycles. The average molecular weight is 288 g/mol. The van der Waals surface area contributed by atoms with E-state index in [1.165, 1.54) is 18.4 Å². The number of anilines is 1. The molecule has 114 valence electrons. The number of rotatable bonds is 2. The monoisotopic (exact) mass is 288 g/mol. The lowest BCUT2D eigenvalue weighted by atomic mass is 10.1. The first-order valence-electron chi connectivity index (χ1n) is 7.95. The number of hydrogen-bond donors (Lipinski definition) is 0. The molecule has 1 aromatic rings. The summed E-state index contributed by atoms with van der Waals surface area (Å²) in [5.74, 6) is 1.63. The number of aromatic nitrogens is 2. The van der Waals surface area contributed by atoms with Crippen molar-refractivity contribution in [3.8, 4) is 0 Å². The number of hydrogen-bond acceptors (Lipinski definition) is 4. The van der Waals surface area contributed by atoms with Gasteiger partial charge in [0.05, 0.1) is 5.69 Å². The second-order valence-corrected chi connectivity index (χ2v) is 6.32. The third-order valence-electron chi connectivity index (χ3n) is 4.70.